The van der Waals surface area contributed by atoms with E-state index >= 15 is 0 Å². The summed E-state index contributed by atoms with van der Waals surface area (Å²) in [5.41, 5.74) is 1.44. The first-order valence-electron chi connectivity index (χ1n) is 8.66. The van der Waals surface area contributed by atoms with Gasteiger partial charge >= 0.3 is 0 Å². The molecule has 0 radical (unpaired) electrons. The molecule has 0 saturated heterocycles. The Hall–Kier alpha value is -0.860. The standard InChI is InChI=1S/C20H34O2/c1-15(2)20(22)13-12-17(4)10-6-8-16(3)9-7-11-18(5)14-19(20)21/h8,11-13,15,17,19,21-22H,6-7,9-10,14H2,1-5H3/b13-12+,16-8+,18-11+/t17-,19+,20+/m0/s1. The second-order valence-electron chi connectivity index (χ2n) is 7.32. The third kappa shape index (κ3) is 5.73. The molecule has 0 fully saturated rings. The van der Waals surface area contributed by atoms with Gasteiger partial charge in [0.25, 0.3) is 0 Å². The Bertz CT molecular complexity index is 431. The van der Waals surface area contributed by atoms with Crippen molar-refractivity contribution in [3.8, 4) is 0 Å². The molecule has 0 aliphatic heterocycles. The van der Waals surface area contributed by atoms with E-state index in [9.17, 15) is 10.2 Å². The third-order valence-electron chi connectivity index (χ3n) is 4.81. The van der Waals surface area contributed by atoms with Crippen LogP contribution in [0.3, 0.4) is 0 Å². The van der Waals surface area contributed by atoms with E-state index < -0.39 is 11.7 Å². The zero-order valence-corrected chi connectivity index (χ0v) is 15.0. The van der Waals surface area contributed by atoms with Gasteiger partial charge in [0.05, 0.1) is 6.10 Å². The van der Waals surface area contributed by atoms with Crippen LogP contribution in [0.15, 0.2) is 35.5 Å². The number of hydrogen-bond acceptors (Lipinski definition) is 2. The summed E-state index contributed by atoms with van der Waals surface area (Å²) >= 11 is 0. The minimum Gasteiger partial charge on any atom is -0.389 e. The molecule has 22 heavy (non-hydrogen) atoms. The molecule has 126 valence electrons. The van der Waals surface area contributed by atoms with E-state index in [0.717, 1.165) is 31.3 Å². The molecular weight excluding hydrogens is 272 g/mol. The molecule has 0 spiro atoms. The van der Waals surface area contributed by atoms with Gasteiger partial charge < -0.3 is 10.2 Å². The quantitative estimate of drug-likeness (QED) is 0.684. The molecule has 1 aliphatic rings. The lowest BCUT2D eigenvalue weighted by Crippen LogP contribution is -2.45. The number of rotatable bonds is 1. The molecule has 0 saturated carbocycles. The van der Waals surface area contributed by atoms with Crippen LogP contribution in [0.5, 0.6) is 0 Å². The molecule has 1 rings (SSSR count). The van der Waals surface area contributed by atoms with E-state index in [1.807, 2.05) is 26.8 Å². The van der Waals surface area contributed by atoms with Gasteiger partial charge in [0.15, 0.2) is 0 Å². The van der Waals surface area contributed by atoms with E-state index in [2.05, 4.69) is 32.1 Å². The zero-order valence-electron chi connectivity index (χ0n) is 15.0. The van der Waals surface area contributed by atoms with Crippen molar-refractivity contribution in [3.05, 3.63) is 35.5 Å². The maximum absolute atomic E-state index is 10.9. The Kier molecular flexibility index (Phi) is 7.58. The number of aliphatic hydroxyl groups excluding tert-OH is 1. The van der Waals surface area contributed by atoms with Crippen molar-refractivity contribution < 1.29 is 10.2 Å². The summed E-state index contributed by atoms with van der Waals surface area (Å²) in [5, 5.41) is 21.5. The molecular formula is C20H34O2. The summed E-state index contributed by atoms with van der Waals surface area (Å²) in [6.45, 7) is 10.3. The van der Waals surface area contributed by atoms with Gasteiger partial charge in [0, 0.05) is 0 Å². The molecule has 0 aromatic heterocycles. The molecule has 0 heterocycles. The number of allylic oxidation sites excluding steroid dienone is 4. The minimum absolute atomic E-state index is 0.0196. The van der Waals surface area contributed by atoms with Crippen molar-refractivity contribution in [1.29, 1.82) is 0 Å². The van der Waals surface area contributed by atoms with Gasteiger partial charge in [-0.15, -0.1) is 0 Å². The predicted octanol–water partition coefficient (Wildman–Crippen LogP) is 4.78. The van der Waals surface area contributed by atoms with E-state index in [4.69, 9.17) is 0 Å². The predicted molar refractivity (Wildman–Crippen MR) is 94.7 cm³/mol. The van der Waals surface area contributed by atoms with Crippen molar-refractivity contribution in [1.82, 2.24) is 0 Å². The smallest absolute Gasteiger partial charge is 0.111 e. The Morgan fingerprint density at radius 3 is 2.41 bits per heavy atom. The highest BCUT2D eigenvalue weighted by atomic mass is 16.3. The first-order valence-corrected chi connectivity index (χ1v) is 8.66. The average Bonchev–Trinajstić information content (AvgIpc) is 2.43. The van der Waals surface area contributed by atoms with Gasteiger partial charge in [-0.1, -0.05) is 56.2 Å². The molecule has 0 amide bonds. The van der Waals surface area contributed by atoms with Crippen LogP contribution < -0.4 is 0 Å². The van der Waals surface area contributed by atoms with Gasteiger partial charge in [-0.05, 0) is 57.8 Å². The summed E-state index contributed by atoms with van der Waals surface area (Å²) in [4.78, 5) is 0. The molecule has 0 aromatic rings. The molecule has 0 bridgehead atoms. The summed E-state index contributed by atoms with van der Waals surface area (Å²) < 4.78 is 0. The summed E-state index contributed by atoms with van der Waals surface area (Å²) in [6.07, 6.45) is 12.4. The van der Waals surface area contributed by atoms with Gasteiger partial charge in [-0.2, -0.15) is 0 Å². The Balaban J connectivity index is 3.02. The van der Waals surface area contributed by atoms with E-state index in [-0.39, 0.29) is 5.92 Å². The normalized spacial score (nSPS) is 38.5. The maximum Gasteiger partial charge on any atom is 0.111 e. The third-order valence-corrected chi connectivity index (χ3v) is 4.81. The fourth-order valence-corrected chi connectivity index (χ4v) is 2.90. The molecule has 2 nitrogen and oxygen atoms in total. The minimum atomic E-state index is -1.15. The topological polar surface area (TPSA) is 40.5 Å². The first kappa shape index (κ1) is 19.2. The summed E-state index contributed by atoms with van der Waals surface area (Å²) in [7, 11) is 0. The monoisotopic (exact) mass is 306 g/mol. The second kappa shape index (κ2) is 8.69. The highest BCUT2D eigenvalue weighted by Gasteiger charge is 2.36. The highest BCUT2D eigenvalue weighted by molar-refractivity contribution is 5.13. The van der Waals surface area contributed by atoms with Crippen molar-refractivity contribution in [2.45, 2.75) is 78.4 Å². The Labute approximate surface area is 136 Å². The van der Waals surface area contributed by atoms with Crippen molar-refractivity contribution in [2.75, 3.05) is 0 Å². The molecule has 3 atom stereocenters. The van der Waals surface area contributed by atoms with Crippen LogP contribution in [0.25, 0.3) is 0 Å². The summed E-state index contributed by atoms with van der Waals surface area (Å²) in [5.74, 6) is 0.384. The van der Waals surface area contributed by atoms with Crippen LogP contribution in [0.1, 0.15) is 66.7 Å². The van der Waals surface area contributed by atoms with Crippen molar-refractivity contribution in [3.63, 3.8) is 0 Å². The first-order chi connectivity index (χ1) is 10.3. The molecule has 2 heteroatoms. The lowest BCUT2D eigenvalue weighted by molar-refractivity contribution is -0.0689. The molecule has 1 aliphatic carbocycles. The lowest BCUT2D eigenvalue weighted by Gasteiger charge is -2.34. The average molecular weight is 306 g/mol. The van der Waals surface area contributed by atoms with Crippen LogP contribution >= 0.6 is 0 Å². The number of hydrogen-bond donors (Lipinski definition) is 2. The van der Waals surface area contributed by atoms with Gasteiger partial charge in [0.2, 0.25) is 0 Å². The summed E-state index contributed by atoms with van der Waals surface area (Å²) in [6, 6.07) is 0. The van der Waals surface area contributed by atoms with E-state index in [0.29, 0.717) is 12.3 Å². The van der Waals surface area contributed by atoms with E-state index in [1.54, 1.807) is 0 Å². The van der Waals surface area contributed by atoms with Gasteiger partial charge in [0.1, 0.15) is 5.60 Å². The Morgan fingerprint density at radius 2 is 1.77 bits per heavy atom. The van der Waals surface area contributed by atoms with Crippen LogP contribution in [-0.4, -0.2) is 21.9 Å². The second-order valence-corrected chi connectivity index (χ2v) is 7.32. The van der Waals surface area contributed by atoms with Gasteiger partial charge in [-0.3, -0.25) is 0 Å². The van der Waals surface area contributed by atoms with Crippen LogP contribution in [0, 0.1) is 11.8 Å². The largest absolute Gasteiger partial charge is 0.389 e. The van der Waals surface area contributed by atoms with Crippen LogP contribution in [-0.2, 0) is 0 Å². The number of aliphatic hydroxyl groups is 2. The highest BCUT2D eigenvalue weighted by Crippen LogP contribution is 2.28. The fourth-order valence-electron chi connectivity index (χ4n) is 2.90. The SMILES string of the molecule is C/C1=C\CC[C@H](C)/C=C/[C@@](O)(C(C)C)[C@H](O)C/C(C)=C/CC1. The van der Waals surface area contributed by atoms with Crippen molar-refractivity contribution in [2.24, 2.45) is 11.8 Å². The molecule has 0 aromatic carbocycles. The van der Waals surface area contributed by atoms with Gasteiger partial charge in [-0.25, -0.2) is 0 Å². The van der Waals surface area contributed by atoms with E-state index in [1.165, 1.54) is 5.57 Å². The maximum atomic E-state index is 10.9. The van der Waals surface area contributed by atoms with Crippen LogP contribution in [0.4, 0.5) is 0 Å². The van der Waals surface area contributed by atoms with Crippen LogP contribution in [0.2, 0.25) is 0 Å². The Morgan fingerprint density at radius 1 is 1.14 bits per heavy atom. The fraction of sp³-hybridized carbons (Fsp3) is 0.700. The molecule has 2 N–H and O–H groups in total. The zero-order chi connectivity index (χ0) is 16.8. The molecule has 0 unspecified atom stereocenters. The lowest BCUT2D eigenvalue weighted by atomic mass is 9.81. The van der Waals surface area contributed by atoms with Crippen molar-refractivity contribution >= 4 is 0 Å².